The van der Waals surface area contributed by atoms with Gasteiger partial charge in [-0.2, -0.15) is 5.10 Å². The summed E-state index contributed by atoms with van der Waals surface area (Å²) in [5.74, 6) is 0.985. The molecule has 0 saturated carbocycles. The Morgan fingerprint density at radius 3 is 3.00 bits per heavy atom. The van der Waals surface area contributed by atoms with Gasteiger partial charge in [0.15, 0.2) is 5.16 Å². The van der Waals surface area contributed by atoms with E-state index in [0.29, 0.717) is 0 Å². The minimum atomic E-state index is -0.155. The van der Waals surface area contributed by atoms with E-state index in [1.54, 1.807) is 11.8 Å². The molecule has 1 aromatic rings. The van der Waals surface area contributed by atoms with Crippen LogP contribution in [-0.2, 0) is 0 Å². The summed E-state index contributed by atoms with van der Waals surface area (Å²) in [5.41, 5.74) is -0.155. The van der Waals surface area contributed by atoms with Gasteiger partial charge >= 0.3 is 0 Å². The van der Waals surface area contributed by atoms with Crippen LogP contribution in [0.15, 0.2) is 11.5 Å². The van der Waals surface area contributed by atoms with Crippen molar-refractivity contribution in [1.82, 2.24) is 20.5 Å². The molecule has 1 heterocycles. The molecule has 5 nitrogen and oxygen atoms in total. The van der Waals surface area contributed by atoms with E-state index in [2.05, 4.69) is 34.3 Å². The molecule has 1 aromatic heterocycles. The smallest absolute Gasteiger partial charge is 0.183 e. The van der Waals surface area contributed by atoms with Crippen molar-refractivity contribution in [2.24, 2.45) is 0 Å². The van der Waals surface area contributed by atoms with Crippen molar-refractivity contribution < 1.29 is 5.11 Å². The first-order chi connectivity index (χ1) is 8.20. The maximum Gasteiger partial charge on any atom is 0.183 e. The molecule has 1 atom stereocenters. The first kappa shape index (κ1) is 14.5. The molecule has 0 bridgehead atoms. The predicted molar refractivity (Wildman–Crippen MR) is 70.1 cm³/mol. The van der Waals surface area contributed by atoms with Gasteiger partial charge in [-0.3, -0.25) is 5.10 Å². The summed E-state index contributed by atoms with van der Waals surface area (Å²) < 4.78 is 0. The van der Waals surface area contributed by atoms with Crippen LogP contribution in [0.1, 0.15) is 33.1 Å². The third-order valence-corrected chi connectivity index (χ3v) is 3.62. The molecule has 1 unspecified atom stereocenters. The Morgan fingerprint density at radius 1 is 1.59 bits per heavy atom. The van der Waals surface area contributed by atoms with Gasteiger partial charge in [0.05, 0.1) is 6.61 Å². The van der Waals surface area contributed by atoms with Crippen LogP contribution in [0.25, 0.3) is 0 Å². The summed E-state index contributed by atoms with van der Waals surface area (Å²) in [6, 6.07) is 0. The van der Waals surface area contributed by atoms with Crippen LogP contribution in [0.3, 0.4) is 0 Å². The molecule has 0 spiro atoms. The van der Waals surface area contributed by atoms with Gasteiger partial charge in [0.2, 0.25) is 0 Å². The second-order valence-corrected chi connectivity index (χ2v) is 5.47. The number of nitrogens with zero attached hydrogens (tertiary/aromatic N) is 2. The largest absolute Gasteiger partial charge is 0.394 e. The van der Waals surface area contributed by atoms with Crippen LogP contribution in [0.5, 0.6) is 0 Å². The Labute approximate surface area is 107 Å². The molecule has 0 aliphatic rings. The van der Waals surface area contributed by atoms with Gasteiger partial charge in [-0.25, -0.2) is 4.98 Å². The van der Waals surface area contributed by atoms with Crippen LogP contribution >= 0.6 is 11.8 Å². The first-order valence-electron chi connectivity index (χ1n) is 6.04. The third-order valence-electron chi connectivity index (χ3n) is 2.66. The van der Waals surface area contributed by atoms with E-state index in [0.717, 1.165) is 36.7 Å². The van der Waals surface area contributed by atoms with Crippen molar-refractivity contribution >= 4 is 11.8 Å². The Hall–Kier alpha value is -0.590. The van der Waals surface area contributed by atoms with E-state index in [4.69, 9.17) is 0 Å². The average Bonchev–Trinajstić information content (AvgIpc) is 2.85. The van der Waals surface area contributed by atoms with Gasteiger partial charge < -0.3 is 10.4 Å². The molecule has 0 radical (unpaired) electrons. The second kappa shape index (κ2) is 7.68. The number of H-pyrrole nitrogens is 1. The summed E-state index contributed by atoms with van der Waals surface area (Å²) in [5, 5.41) is 20.3. The van der Waals surface area contributed by atoms with Gasteiger partial charge in [0.25, 0.3) is 0 Å². The first-order valence-corrected chi connectivity index (χ1v) is 7.03. The second-order valence-electron chi connectivity index (χ2n) is 4.39. The van der Waals surface area contributed by atoms with Crippen LogP contribution < -0.4 is 5.32 Å². The zero-order valence-corrected chi connectivity index (χ0v) is 11.4. The molecule has 98 valence electrons. The van der Waals surface area contributed by atoms with E-state index >= 15 is 0 Å². The molecular formula is C11H22N4OS. The van der Waals surface area contributed by atoms with E-state index < -0.39 is 0 Å². The van der Waals surface area contributed by atoms with Crippen molar-refractivity contribution in [3.63, 3.8) is 0 Å². The maximum atomic E-state index is 9.40. The molecule has 0 fully saturated rings. The van der Waals surface area contributed by atoms with E-state index in [-0.39, 0.29) is 12.1 Å². The molecule has 0 aliphatic carbocycles. The highest BCUT2D eigenvalue weighted by Gasteiger charge is 2.21. The van der Waals surface area contributed by atoms with Gasteiger partial charge in [-0.1, -0.05) is 18.7 Å². The Balaban J connectivity index is 2.18. The molecule has 1 rings (SSSR count). The average molecular weight is 258 g/mol. The zero-order valence-electron chi connectivity index (χ0n) is 10.6. The minimum Gasteiger partial charge on any atom is -0.394 e. The fourth-order valence-electron chi connectivity index (χ4n) is 1.55. The number of aliphatic hydroxyl groups is 1. The number of thioether (sulfide) groups is 1. The number of rotatable bonds is 9. The lowest BCUT2D eigenvalue weighted by molar-refractivity contribution is 0.165. The number of hydrogen-bond donors (Lipinski definition) is 3. The summed E-state index contributed by atoms with van der Waals surface area (Å²) in [7, 11) is 0. The number of nitrogens with one attached hydrogen (secondary N) is 2. The van der Waals surface area contributed by atoms with Crippen LogP contribution in [0.4, 0.5) is 0 Å². The van der Waals surface area contributed by atoms with Gasteiger partial charge in [0.1, 0.15) is 6.33 Å². The highest BCUT2D eigenvalue weighted by molar-refractivity contribution is 7.99. The monoisotopic (exact) mass is 258 g/mol. The minimum absolute atomic E-state index is 0.155. The summed E-state index contributed by atoms with van der Waals surface area (Å²) >= 11 is 1.66. The highest BCUT2D eigenvalue weighted by atomic mass is 32.2. The van der Waals surface area contributed by atoms with Crippen molar-refractivity contribution in [2.75, 3.05) is 18.9 Å². The normalized spacial score (nSPS) is 14.8. The van der Waals surface area contributed by atoms with Gasteiger partial charge in [0, 0.05) is 11.3 Å². The number of aromatic nitrogens is 3. The molecule has 6 heteroatoms. The van der Waals surface area contributed by atoms with Crippen molar-refractivity contribution in [3.8, 4) is 0 Å². The van der Waals surface area contributed by atoms with Gasteiger partial charge in [-0.05, 0) is 32.7 Å². The number of aromatic amines is 1. The number of aliphatic hydroxyl groups excluding tert-OH is 1. The Kier molecular flexibility index (Phi) is 6.54. The lowest BCUT2D eigenvalue weighted by Crippen LogP contribution is -2.46. The standard InChI is InChI=1S/C11H22N4OS/c1-3-6-13-11(2,8-16)5-4-7-17-10-12-9-14-15-10/h9,13,16H,3-8H2,1-2H3,(H,12,14,15). The van der Waals surface area contributed by atoms with Crippen LogP contribution in [0.2, 0.25) is 0 Å². The van der Waals surface area contributed by atoms with Crippen molar-refractivity contribution in [2.45, 2.75) is 43.8 Å². The van der Waals surface area contributed by atoms with E-state index in [9.17, 15) is 5.11 Å². The molecule has 0 aliphatic heterocycles. The fraction of sp³-hybridized carbons (Fsp3) is 0.818. The van der Waals surface area contributed by atoms with E-state index in [1.807, 2.05) is 0 Å². The lowest BCUT2D eigenvalue weighted by atomic mass is 9.97. The lowest BCUT2D eigenvalue weighted by Gasteiger charge is -2.28. The summed E-state index contributed by atoms with van der Waals surface area (Å²) in [6.07, 6.45) is 4.61. The summed E-state index contributed by atoms with van der Waals surface area (Å²) in [4.78, 5) is 4.05. The molecule has 0 aromatic carbocycles. The van der Waals surface area contributed by atoms with Crippen LogP contribution in [0, 0.1) is 0 Å². The Bertz CT molecular complexity index is 294. The fourth-order valence-corrected chi connectivity index (χ4v) is 2.27. The van der Waals surface area contributed by atoms with Crippen LogP contribution in [-0.4, -0.2) is 44.7 Å². The number of hydrogen-bond acceptors (Lipinski definition) is 5. The topological polar surface area (TPSA) is 73.8 Å². The molecule has 0 amide bonds. The molecular weight excluding hydrogens is 236 g/mol. The summed E-state index contributed by atoms with van der Waals surface area (Å²) in [6.45, 7) is 5.33. The molecule has 17 heavy (non-hydrogen) atoms. The third kappa shape index (κ3) is 5.52. The highest BCUT2D eigenvalue weighted by Crippen LogP contribution is 2.17. The molecule has 0 saturated heterocycles. The SMILES string of the molecule is CCCNC(C)(CO)CCCSc1ncn[nH]1. The van der Waals surface area contributed by atoms with Crippen molar-refractivity contribution in [1.29, 1.82) is 0 Å². The van der Waals surface area contributed by atoms with Crippen molar-refractivity contribution in [3.05, 3.63) is 6.33 Å². The van der Waals surface area contributed by atoms with Gasteiger partial charge in [-0.15, -0.1) is 0 Å². The quantitative estimate of drug-likeness (QED) is 0.461. The molecule has 3 N–H and O–H groups in total. The Morgan fingerprint density at radius 2 is 2.41 bits per heavy atom. The predicted octanol–water partition coefficient (Wildman–Crippen LogP) is 1.43. The zero-order chi connectivity index (χ0) is 12.6. The maximum absolute atomic E-state index is 9.40. The van der Waals surface area contributed by atoms with E-state index in [1.165, 1.54) is 6.33 Å².